The van der Waals surface area contributed by atoms with Crippen LogP contribution >= 0.6 is 31.9 Å². The van der Waals surface area contributed by atoms with Gasteiger partial charge >= 0.3 is 0 Å². The van der Waals surface area contributed by atoms with Gasteiger partial charge in [0.15, 0.2) is 0 Å². The van der Waals surface area contributed by atoms with E-state index in [-0.39, 0.29) is 4.90 Å². The summed E-state index contributed by atoms with van der Waals surface area (Å²) in [6, 6.07) is 12.3. The molecular formula is C15H14Br2N2O3S. The Morgan fingerprint density at radius 2 is 1.43 bits per heavy atom. The number of halogens is 2. The molecule has 5 nitrogen and oxygen atoms in total. The van der Waals surface area contributed by atoms with Crippen molar-refractivity contribution in [1.82, 2.24) is 4.72 Å². The average molecular weight is 462 g/mol. The lowest BCUT2D eigenvalue weighted by Gasteiger charge is -2.14. The maximum absolute atomic E-state index is 12.2. The number of nitrogens with one attached hydrogen (secondary N) is 2. The SMILES string of the molecule is C[C@@H](NS(=O)(=O)c1ccc(Br)cc1)C(=O)Nc1ccc(Br)cc1. The molecule has 0 aliphatic rings. The highest BCUT2D eigenvalue weighted by atomic mass is 79.9. The first-order valence-electron chi connectivity index (χ1n) is 6.62. The lowest BCUT2D eigenvalue weighted by molar-refractivity contribution is -0.117. The first-order chi connectivity index (χ1) is 10.8. The number of rotatable bonds is 5. The summed E-state index contributed by atoms with van der Waals surface area (Å²) >= 11 is 6.55. The summed E-state index contributed by atoms with van der Waals surface area (Å²) in [4.78, 5) is 12.2. The Kier molecular flexibility index (Phi) is 5.96. The lowest BCUT2D eigenvalue weighted by Crippen LogP contribution is -2.41. The van der Waals surface area contributed by atoms with E-state index >= 15 is 0 Å². The molecule has 122 valence electrons. The fourth-order valence-corrected chi connectivity index (χ4v) is 3.48. The van der Waals surface area contributed by atoms with Crippen molar-refractivity contribution in [2.24, 2.45) is 0 Å². The summed E-state index contributed by atoms with van der Waals surface area (Å²) in [6.45, 7) is 1.49. The zero-order chi connectivity index (χ0) is 17.0. The van der Waals surface area contributed by atoms with Crippen molar-refractivity contribution in [3.63, 3.8) is 0 Å². The quantitative estimate of drug-likeness (QED) is 0.715. The van der Waals surface area contributed by atoms with Gasteiger partial charge in [-0.15, -0.1) is 0 Å². The topological polar surface area (TPSA) is 75.3 Å². The summed E-state index contributed by atoms with van der Waals surface area (Å²) in [7, 11) is -3.76. The molecule has 2 rings (SSSR count). The van der Waals surface area contributed by atoms with E-state index in [2.05, 4.69) is 41.9 Å². The van der Waals surface area contributed by atoms with Gasteiger partial charge in [-0.3, -0.25) is 4.79 Å². The van der Waals surface area contributed by atoms with E-state index in [9.17, 15) is 13.2 Å². The second kappa shape index (κ2) is 7.57. The van der Waals surface area contributed by atoms with E-state index in [0.717, 1.165) is 8.95 Å². The Morgan fingerprint density at radius 3 is 1.96 bits per heavy atom. The summed E-state index contributed by atoms with van der Waals surface area (Å²) in [6.07, 6.45) is 0. The average Bonchev–Trinajstić information content (AvgIpc) is 2.49. The van der Waals surface area contributed by atoms with Gasteiger partial charge in [-0.05, 0) is 55.5 Å². The molecule has 2 aromatic rings. The van der Waals surface area contributed by atoms with E-state index in [1.807, 2.05) is 0 Å². The van der Waals surface area contributed by atoms with E-state index in [1.165, 1.54) is 19.1 Å². The van der Waals surface area contributed by atoms with Crippen LogP contribution < -0.4 is 10.0 Å². The van der Waals surface area contributed by atoms with Gasteiger partial charge in [0.1, 0.15) is 0 Å². The van der Waals surface area contributed by atoms with Crippen LogP contribution in [0.3, 0.4) is 0 Å². The van der Waals surface area contributed by atoms with Crippen LogP contribution in [0.25, 0.3) is 0 Å². The Hall–Kier alpha value is -1.22. The van der Waals surface area contributed by atoms with Gasteiger partial charge in [0.05, 0.1) is 10.9 Å². The van der Waals surface area contributed by atoms with E-state index in [4.69, 9.17) is 0 Å². The zero-order valence-electron chi connectivity index (χ0n) is 12.1. The smallest absolute Gasteiger partial charge is 0.242 e. The fraction of sp³-hybridized carbons (Fsp3) is 0.133. The highest BCUT2D eigenvalue weighted by Crippen LogP contribution is 2.16. The molecule has 0 aliphatic heterocycles. The zero-order valence-corrected chi connectivity index (χ0v) is 16.1. The van der Waals surface area contributed by atoms with Crippen LogP contribution in [0.1, 0.15) is 6.92 Å². The number of carbonyl (C=O) groups excluding carboxylic acids is 1. The minimum absolute atomic E-state index is 0.101. The van der Waals surface area contributed by atoms with E-state index < -0.39 is 22.0 Å². The van der Waals surface area contributed by atoms with Crippen molar-refractivity contribution in [1.29, 1.82) is 0 Å². The predicted octanol–water partition coefficient (Wildman–Crippen LogP) is 3.52. The van der Waals surface area contributed by atoms with Crippen LogP contribution in [0.5, 0.6) is 0 Å². The number of amides is 1. The van der Waals surface area contributed by atoms with Gasteiger partial charge in [-0.25, -0.2) is 8.42 Å². The second-order valence-electron chi connectivity index (χ2n) is 4.79. The number of benzene rings is 2. The highest BCUT2D eigenvalue weighted by Gasteiger charge is 2.22. The molecule has 0 unspecified atom stereocenters. The molecule has 0 aromatic heterocycles. The summed E-state index contributed by atoms with van der Waals surface area (Å²) < 4.78 is 28.5. The van der Waals surface area contributed by atoms with E-state index in [0.29, 0.717) is 5.69 Å². The predicted molar refractivity (Wildman–Crippen MR) is 96.7 cm³/mol. The molecule has 0 bridgehead atoms. The molecule has 1 atom stereocenters. The van der Waals surface area contributed by atoms with Crippen molar-refractivity contribution >= 4 is 53.5 Å². The maximum Gasteiger partial charge on any atom is 0.242 e. The molecular weight excluding hydrogens is 448 g/mol. The number of carbonyl (C=O) groups is 1. The van der Waals surface area contributed by atoms with E-state index in [1.54, 1.807) is 36.4 Å². The van der Waals surface area contributed by atoms with Crippen molar-refractivity contribution < 1.29 is 13.2 Å². The van der Waals surface area contributed by atoms with Crippen LogP contribution in [0.4, 0.5) is 5.69 Å². The molecule has 0 fully saturated rings. The summed E-state index contributed by atoms with van der Waals surface area (Å²) in [5.41, 5.74) is 0.591. The molecule has 0 heterocycles. The molecule has 0 saturated heterocycles. The Labute approximate surface area is 151 Å². The van der Waals surface area contributed by atoms with Crippen LogP contribution in [0, 0.1) is 0 Å². The van der Waals surface area contributed by atoms with Crippen LogP contribution in [-0.4, -0.2) is 20.4 Å². The molecule has 0 saturated carbocycles. The number of sulfonamides is 1. The standard InChI is InChI=1S/C15H14Br2N2O3S/c1-10(15(20)18-13-6-2-11(16)3-7-13)19-23(21,22)14-8-4-12(17)5-9-14/h2-10,19H,1H3,(H,18,20)/t10-/m1/s1. The first-order valence-corrected chi connectivity index (χ1v) is 9.69. The molecule has 0 aliphatic carbocycles. The van der Waals surface area contributed by atoms with Crippen LogP contribution in [0.15, 0.2) is 62.4 Å². The third kappa shape index (κ3) is 5.13. The minimum atomic E-state index is -3.76. The van der Waals surface area contributed by atoms with Crippen molar-refractivity contribution in [2.45, 2.75) is 17.9 Å². The van der Waals surface area contributed by atoms with Gasteiger partial charge in [0.2, 0.25) is 15.9 Å². The first kappa shape index (κ1) is 18.1. The third-order valence-corrected chi connectivity index (χ3v) is 5.57. The Bertz CT molecular complexity index is 790. The van der Waals surface area contributed by atoms with Gasteiger partial charge in [-0.2, -0.15) is 4.72 Å². The third-order valence-electron chi connectivity index (χ3n) is 2.96. The Balaban J connectivity index is 2.05. The largest absolute Gasteiger partial charge is 0.325 e. The van der Waals surface area contributed by atoms with Gasteiger partial charge in [-0.1, -0.05) is 31.9 Å². The van der Waals surface area contributed by atoms with Crippen LogP contribution in [0.2, 0.25) is 0 Å². The molecule has 0 radical (unpaired) electrons. The van der Waals surface area contributed by atoms with Gasteiger partial charge < -0.3 is 5.32 Å². The maximum atomic E-state index is 12.2. The minimum Gasteiger partial charge on any atom is -0.325 e. The molecule has 2 aromatic carbocycles. The summed E-state index contributed by atoms with van der Waals surface area (Å²) in [5.74, 6) is -0.437. The Morgan fingerprint density at radius 1 is 0.957 bits per heavy atom. The number of hydrogen-bond donors (Lipinski definition) is 2. The lowest BCUT2D eigenvalue weighted by atomic mass is 10.3. The van der Waals surface area contributed by atoms with Crippen molar-refractivity contribution in [2.75, 3.05) is 5.32 Å². The highest BCUT2D eigenvalue weighted by molar-refractivity contribution is 9.10. The normalized spacial score (nSPS) is 12.7. The number of hydrogen-bond acceptors (Lipinski definition) is 3. The fourth-order valence-electron chi connectivity index (χ4n) is 1.75. The monoisotopic (exact) mass is 460 g/mol. The van der Waals surface area contributed by atoms with Crippen molar-refractivity contribution in [3.8, 4) is 0 Å². The number of anilines is 1. The van der Waals surface area contributed by atoms with Gasteiger partial charge in [0.25, 0.3) is 0 Å². The van der Waals surface area contributed by atoms with Gasteiger partial charge in [0, 0.05) is 14.6 Å². The van der Waals surface area contributed by atoms with Crippen molar-refractivity contribution in [3.05, 3.63) is 57.5 Å². The molecule has 1 amide bonds. The second-order valence-corrected chi connectivity index (χ2v) is 8.34. The molecule has 23 heavy (non-hydrogen) atoms. The molecule has 0 spiro atoms. The molecule has 2 N–H and O–H groups in total. The summed E-state index contributed by atoms with van der Waals surface area (Å²) in [5, 5.41) is 2.66. The van der Waals surface area contributed by atoms with Crippen LogP contribution in [-0.2, 0) is 14.8 Å². The molecule has 8 heteroatoms.